The first-order valence-electron chi connectivity index (χ1n) is 16.6. The lowest BCUT2D eigenvalue weighted by Gasteiger charge is -2.34. The van der Waals surface area contributed by atoms with Gasteiger partial charge in [0, 0.05) is 42.7 Å². The number of nitrogens with one attached hydrogen (secondary N) is 2. The molecule has 1 fully saturated rings. The Balaban J connectivity index is 1.22. The normalized spacial score (nSPS) is 16.3. The summed E-state index contributed by atoms with van der Waals surface area (Å²) in [6.45, 7) is 1.34. The van der Waals surface area contributed by atoms with E-state index in [2.05, 4.69) is 15.3 Å². The fourth-order valence-corrected chi connectivity index (χ4v) is 7.32. The number of carbonyl (C=O) groups is 1. The van der Waals surface area contributed by atoms with Crippen molar-refractivity contribution in [3.8, 4) is 11.1 Å². The SMILES string of the molecule is CCn1c(=O)c(-c2cc(F)c(NS(=O)(=O)Cc3cccc(C(F)(F)F)c3)c(F)c2F)cc2cnc(N[C@H]3C[C@H](F)CN(C(=O)OCc4ccccc4)C3)nc21. The lowest BCUT2D eigenvalue weighted by Crippen LogP contribution is -2.50. The third-order valence-corrected chi connectivity index (χ3v) is 9.89. The van der Waals surface area contributed by atoms with E-state index >= 15 is 13.2 Å². The highest BCUT2D eigenvalue weighted by Gasteiger charge is 2.33. The van der Waals surface area contributed by atoms with E-state index in [1.807, 2.05) is 6.07 Å². The van der Waals surface area contributed by atoms with Gasteiger partial charge in [-0.25, -0.2) is 35.8 Å². The molecule has 2 N–H and O–H groups in total. The molecule has 5 aromatic rings. The number of amides is 1. The van der Waals surface area contributed by atoms with Crippen LogP contribution in [-0.4, -0.2) is 59.2 Å². The second-order valence-corrected chi connectivity index (χ2v) is 14.4. The van der Waals surface area contributed by atoms with Gasteiger partial charge in [-0.2, -0.15) is 18.2 Å². The summed E-state index contributed by atoms with van der Waals surface area (Å²) in [5, 5.41) is 3.09. The molecule has 2 aromatic heterocycles. The van der Waals surface area contributed by atoms with Crippen molar-refractivity contribution in [2.75, 3.05) is 23.1 Å². The van der Waals surface area contributed by atoms with Crippen LogP contribution >= 0.6 is 0 Å². The zero-order valence-corrected chi connectivity index (χ0v) is 29.5. The Morgan fingerprint density at radius 1 is 0.964 bits per heavy atom. The van der Waals surface area contributed by atoms with E-state index in [0.29, 0.717) is 18.2 Å². The summed E-state index contributed by atoms with van der Waals surface area (Å²) in [5.41, 5.74) is -4.48. The van der Waals surface area contributed by atoms with Crippen LogP contribution in [0.1, 0.15) is 30.0 Å². The summed E-state index contributed by atoms with van der Waals surface area (Å²) < 4.78 is 134. The molecule has 1 saturated heterocycles. The smallest absolute Gasteiger partial charge is 0.416 e. The van der Waals surface area contributed by atoms with Gasteiger partial charge in [0.1, 0.15) is 24.1 Å². The molecular formula is C36H31F7N6O5S. The highest BCUT2D eigenvalue weighted by molar-refractivity contribution is 7.91. The van der Waals surface area contributed by atoms with Gasteiger partial charge in [-0.3, -0.25) is 14.1 Å². The Labute approximate surface area is 308 Å². The molecule has 0 spiro atoms. The molecule has 1 amide bonds. The van der Waals surface area contributed by atoms with Gasteiger partial charge in [0.25, 0.3) is 5.56 Å². The fraction of sp³-hybridized carbons (Fsp3) is 0.278. The molecule has 0 radical (unpaired) electrons. The van der Waals surface area contributed by atoms with E-state index in [1.165, 1.54) is 11.1 Å². The van der Waals surface area contributed by atoms with Crippen LogP contribution < -0.4 is 15.6 Å². The molecule has 55 heavy (non-hydrogen) atoms. The molecule has 0 unspecified atom stereocenters. The minimum Gasteiger partial charge on any atom is -0.445 e. The van der Waals surface area contributed by atoms with Gasteiger partial charge in [-0.1, -0.05) is 48.5 Å². The van der Waals surface area contributed by atoms with Gasteiger partial charge in [0.2, 0.25) is 16.0 Å². The average Bonchev–Trinajstić information content (AvgIpc) is 3.13. The maximum atomic E-state index is 15.6. The Hall–Kier alpha value is -5.72. The lowest BCUT2D eigenvalue weighted by atomic mass is 10.0. The maximum Gasteiger partial charge on any atom is 0.416 e. The summed E-state index contributed by atoms with van der Waals surface area (Å²) in [6, 6.07) is 13.0. The summed E-state index contributed by atoms with van der Waals surface area (Å²) >= 11 is 0. The molecular weight excluding hydrogens is 761 g/mol. The number of nitrogens with zero attached hydrogens (tertiary/aromatic N) is 4. The van der Waals surface area contributed by atoms with Crippen molar-refractivity contribution < 1.29 is 48.7 Å². The van der Waals surface area contributed by atoms with Gasteiger partial charge >= 0.3 is 12.3 Å². The highest BCUT2D eigenvalue weighted by Crippen LogP contribution is 2.33. The predicted octanol–water partition coefficient (Wildman–Crippen LogP) is 7.02. The van der Waals surface area contributed by atoms with Gasteiger partial charge in [0.05, 0.1) is 23.4 Å². The second-order valence-electron chi connectivity index (χ2n) is 12.7. The number of anilines is 2. The number of aryl methyl sites for hydroxylation is 1. The summed E-state index contributed by atoms with van der Waals surface area (Å²) in [6.07, 6.45) is -5.67. The van der Waals surface area contributed by atoms with Crippen LogP contribution in [0.15, 0.2) is 77.7 Å². The number of alkyl halides is 4. The second kappa shape index (κ2) is 15.6. The Bertz CT molecular complexity index is 2420. The summed E-state index contributed by atoms with van der Waals surface area (Å²) in [4.78, 5) is 36.1. The van der Waals surface area contributed by atoms with Gasteiger partial charge in [-0.05, 0) is 36.2 Å². The molecule has 1 aliphatic rings. The van der Waals surface area contributed by atoms with Crippen molar-refractivity contribution in [3.05, 3.63) is 117 Å². The largest absolute Gasteiger partial charge is 0.445 e. The highest BCUT2D eigenvalue weighted by atomic mass is 32.2. The molecule has 0 bridgehead atoms. The van der Waals surface area contributed by atoms with Gasteiger partial charge in [-0.15, -0.1) is 0 Å². The number of ether oxygens (including phenoxy) is 1. The molecule has 6 rings (SSSR count). The first-order valence-corrected chi connectivity index (χ1v) is 18.3. The van der Waals surface area contributed by atoms with Crippen molar-refractivity contribution in [2.45, 2.75) is 50.6 Å². The van der Waals surface area contributed by atoms with E-state index in [-0.39, 0.29) is 55.2 Å². The number of aromatic nitrogens is 3. The minimum absolute atomic E-state index is 0.00279. The molecule has 0 saturated carbocycles. The number of sulfonamides is 1. The number of fused-ring (bicyclic) bond motifs is 1. The predicted molar refractivity (Wildman–Crippen MR) is 188 cm³/mol. The topological polar surface area (TPSA) is 136 Å². The zero-order chi connectivity index (χ0) is 39.7. The molecule has 3 heterocycles. The van der Waals surface area contributed by atoms with E-state index < -0.39 is 85.6 Å². The average molecular weight is 793 g/mol. The monoisotopic (exact) mass is 792 g/mol. The molecule has 1 aliphatic heterocycles. The van der Waals surface area contributed by atoms with Crippen molar-refractivity contribution in [2.24, 2.45) is 0 Å². The van der Waals surface area contributed by atoms with Crippen LogP contribution in [-0.2, 0) is 39.8 Å². The quantitative estimate of drug-likeness (QED) is 0.114. The first kappa shape index (κ1) is 39.0. The van der Waals surface area contributed by atoms with E-state index in [9.17, 15) is 35.6 Å². The molecule has 2 atom stereocenters. The lowest BCUT2D eigenvalue weighted by molar-refractivity contribution is -0.137. The van der Waals surface area contributed by atoms with Crippen LogP contribution in [0, 0.1) is 17.5 Å². The fourth-order valence-electron chi connectivity index (χ4n) is 6.13. The molecule has 290 valence electrons. The number of likely N-dealkylation sites (tertiary alicyclic amines) is 1. The summed E-state index contributed by atoms with van der Waals surface area (Å²) in [7, 11) is -4.77. The third-order valence-electron chi connectivity index (χ3n) is 8.66. The van der Waals surface area contributed by atoms with E-state index in [0.717, 1.165) is 28.3 Å². The maximum absolute atomic E-state index is 15.6. The Morgan fingerprint density at radius 2 is 1.69 bits per heavy atom. The zero-order valence-electron chi connectivity index (χ0n) is 28.7. The van der Waals surface area contributed by atoms with Gasteiger partial charge < -0.3 is 15.0 Å². The van der Waals surface area contributed by atoms with Crippen molar-refractivity contribution >= 4 is 38.8 Å². The number of carbonyl (C=O) groups excluding carboxylic acids is 1. The third kappa shape index (κ3) is 8.82. The number of pyridine rings is 1. The van der Waals surface area contributed by atoms with Crippen LogP contribution in [0.3, 0.4) is 0 Å². The Kier molecular flexibility index (Phi) is 11.0. The van der Waals surface area contributed by atoms with Gasteiger partial charge in [0.15, 0.2) is 17.5 Å². The number of benzene rings is 3. The standard InChI is InChI=1S/C36H31F7N6O5S/c1-2-49-32-22(15-44-34(46-32)45-25-13-24(37)16-48(17-25)35(51)54-18-20-7-4-3-5-8-20)12-27(33(49)50)26-14-28(38)31(30(40)29(26)39)47-55(52,53)19-21-9-6-10-23(11-21)36(41,42)43/h3-12,14-15,24-25,47H,2,13,16-19H2,1H3,(H,44,45,46)/t24-,25-/m0/s1. The van der Waals surface area contributed by atoms with E-state index in [4.69, 9.17) is 4.74 Å². The van der Waals surface area contributed by atoms with Crippen LogP contribution in [0.4, 0.5) is 47.2 Å². The minimum atomic E-state index is -4.78. The number of hydrogen-bond donors (Lipinski definition) is 2. The van der Waals surface area contributed by atoms with Crippen molar-refractivity contribution in [3.63, 3.8) is 0 Å². The van der Waals surface area contributed by atoms with Crippen molar-refractivity contribution in [1.29, 1.82) is 0 Å². The molecule has 0 aliphatic carbocycles. The molecule has 11 nitrogen and oxygen atoms in total. The number of piperidine rings is 1. The van der Waals surface area contributed by atoms with E-state index in [1.54, 1.807) is 35.9 Å². The number of rotatable bonds is 10. The molecule has 19 heteroatoms. The Morgan fingerprint density at radius 3 is 2.40 bits per heavy atom. The number of hydrogen-bond acceptors (Lipinski definition) is 8. The van der Waals surface area contributed by atoms with Crippen molar-refractivity contribution in [1.82, 2.24) is 19.4 Å². The first-order chi connectivity index (χ1) is 26.0. The van der Waals surface area contributed by atoms with Crippen LogP contribution in [0.25, 0.3) is 22.2 Å². The van der Waals surface area contributed by atoms with Crippen LogP contribution in [0.5, 0.6) is 0 Å². The molecule has 3 aromatic carbocycles. The number of halogens is 7. The summed E-state index contributed by atoms with van der Waals surface area (Å²) in [5.74, 6) is -6.57. The van der Waals surface area contributed by atoms with Crippen LogP contribution in [0.2, 0.25) is 0 Å².